The van der Waals surface area contributed by atoms with Gasteiger partial charge in [-0.25, -0.2) is 0 Å². The molecular formula is C23H30O5. The van der Waals surface area contributed by atoms with Crippen molar-refractivity contribution in [2.75, 3.05) is 39.6 Å². The normalized spacial score (nSPS) is 16.0. The number of fused-ring (bicyclic) bond motifs is 2. The van der Waals surface area contributed by atoms with Crippen molar-refractivity contribution in [3.8, 4) is 23.0 Å². The Bertz CT molecular complexity index is 751. The minimum absolute atomic E-state index is 0.208. The SMILES string of the molecule is CC(C)(C)Cc1ccc2c(c1)OCCOCCOc1ccccc1OCCO2. The van der Waals surface area contributed by atoms with Gasteiger partial charge in [0.2, 0.25) is 0 Å². The fourth-order valence-electron chi connectivity index (χ4n) is 3.02. The first-order valence-corrected chi connectivity index (χ1v) is 9.82. The molecule has 5 nitrogen and oxygen atoms in total. The Morgan fingerprint density at radius 3 is 1.71 bits per heavy atom. The van der Waals surface area contributed by atoms with Crippen molar-refractivity contribution in [1.82, 2.24) is 0 Å². The summed E-state index contributed by atoms with van der Waals surface area (Å²) in [4.78, 5) is 0. The van der Waals surface area contributed by atoms with E-state index in [1.54, 1.807) is 0 Å². The molecule has 0 aliphatic carbocycles. The van der Waals surface area contributed by atoms with Gasteiger partial charge in [0.25, 0.3) is 0 Å². The average molecular weight is 386 g/mol. The van der Waals surface area contributed by atoms with E-state index in [9.17, 15) is 0 Å². The number of hydrogen-bond acceptors (Lipinski definition) is 5. The van der Waals surface area contributed by atoms with E-state index in [-0.39, 0.29) is 5.41 Å². The second kappa shape index (κ2) is 9.69. The van der Waals surface area contributed by atoms with Gasteiger partial charge in [-0.1, -0.05) is 39.0 Å². The predicted molar refractivity (Wildman–Crippen MR) is 109 cm³/mol. The molecule has 0 bridgehead atoms. The van der Waals surface area contributed by atoms with Crippen molar-refractivity contribution < 1.29 is 23.7 Å². The quantitative estimate of drug-likeness (QED) is 0.721. The van der Waals surface area contributed by atoms with Crippen LogP contribution in [0.1, 0.15) is 26.3 Å². The summed E-state index contributed by atoms with van der Waals surface area (Å²) in [5.74, 6) is 2.89. The minimum Gasteiger partial charge on any atom is -0.487 e. The molecule has 152 valence electrons. The molecule has 1 aliphatic rings. The summed E-state index contributed by atoms with van der Waals surface area (Å²) >= 11 is 0. The molecule has 0 saturated carbocycles. The van der Waals surface area contributed by atoms with Crippen LogP contribution >= 0.6 is 0 Å². The highest BCUT2D eigenvalue weighted by Gasteiger charge is 2.14. The highest BCUT2D eigenvalue weighted by Crippen LogP contribution is 2.32. The summed E-state index contributed by atoms with van der Waals surface area (Å²) in [5.41, 5.74) is 1.44. The molecule has 0 radical (unpaired) electrons. The van der Waals surface area contributed by atoms with Crippen LogP contribution in [0.25, 0.3) is 0 Å². The van der Waals surface area contributed by atoms with Gasteiger partial charge < -0.3 is 23.7 Å². The average Bonchev–Trinajstić information content (AvgIpc) is 2.65. The maximum Gasteiger partial charge on any atom is 0.161 e. The molecule has 0 aromatic heterocycles. The van der Waals surface area contributed by atoms with E-state index in [4.69, 9.17) is 23.7 Å². The molecule has 5 heteroatoms. The Balaban J connectivity index is 1.71. The van der Waals surface area contributed by atoms with Crippen molar-refractivity contribution in [2.45, 2.75) is 27.2 Å². The van der Waals surface area contributed by atoms with Gasteiger partial charge >= 0.3 is 0 Å². The fraction of sp³-hybridized carbons (Fsp3) is 0.478. The first-order chi connectivity index (χ1) is 13.5. The Hall–Kier alpha value is -2.40. The van der Waals surface area contributed by atoms with Gasteiger partial charge in [-0.2, -0.15) is 0 Å². The highest BCUT2D eigenvalue weighted by molar-refractivity contribution is 5.43. The monoisotopic (exact) mass is 386 g/mol. The minimum atomic E-state index is 0.208. The largest absolute Gasteiger partial charge is 0.487 e. The van der Waals surface area contributed by atoms with Crippen molar-refractivity contribution in [1.29, 1.82) is 0 Å². The number of benzene rings is 2. The zero-order chi connectivity index (χ0) is 19.8. The van der Waals surface area contributed by atoms with Crippen LogP contribution in [0, 0.1) is 5.41 Å². The zero-order valence-corrected chi connectivity index (χ0v) is 17.0. The molecule has 2 aromatic rings. The Kier molecular flexibility index (Phi) is 7.04. The molecule has 0 amide bonds. The molecule has 0 atom stereocenters. The summed E-state index contributed by atoms with van der Waals surface area (Å²) in [6.07, 6.45) is 0.970. The van der Waals surface area contributed by atoms with Crippen LogP contribution in [0.2, 0.25) is 0 Å². The van der Waals surface area contributed by atoms with Crippen LogP contribution in [-0.4, -0.2) is 39.6 Å². The van der Waals surface area contributed by atoms with Gasteiger partial charge in [0, 0.05) is 0 Å². The summed E-state index contributed by atoms with van der Waals surface area (Å²) < 4.78 is 29.1. The highest BCUT2D eigenvalue weighted by atomic mass is 16.6. The molecule has 2 aromatic carbocycles. The van der Waals surface area contributed by atoms with Gasteiger partial charge in [0.15, 0.2) is 23.0 Å². The van der Waals surface area contributed by atoms with E-state index in [2.05, 4.69) is 32.9 Å². The summed E-state index contributed by atoms with van der Waals surface area (Å²) in [5, 5.41) is 0. The van der Waals surface area contributed by atoms with Crippen LogP contribution < -0.4 is 18.9 Å². The number of para-hydroxylation sites is 2. The first kappa shape index (κ1) is 20.3. The first-order valence-electron chi connectivity index (χ1n) is 9.82. The number of ether oxygens (including phenoxy) is 5. The molecule has 0 spiro atoms. The van der Waals surface area contributed by atoms with E-state index < -0.39 is 0 Å². The van der Waals surface area contributed by atoms with Gasteiger partial charge in [-0.05, 0) is 41.7 Å². The predicted octanol–water partition coefficient (Wildman–Crippen LogP) is 4.52. The second-order valence-corrected chi connectivity index (χ2v) is 7.97. The lowest BCUT2D eigenvalue weighted by Crippen LogP contribution is -2.13. The Morgan fingerprint density at radius 1 is 0.643 bits per heavy atom. The second-order valence-electron chi connectivity index (χ2n) is 7.97. The molecular weight excluding hydrogens is 356 g/mol. The van der Waals surface area contributed by atoms with E-state index in [0.29, 0.717) is 51.1 Å². The number of hydrogen-bond donors (Lipinski definition) is 0. The lowest BCUT2D eigenvalue weighted by molar-refractivity contribution is 0.0754. The molecule has 1 aliphatic heterocycles. The lowest BCUT2D eigenvalue weighted by atomic mass is 9.88. The van der Waals surface area contributed by atoms with Gasteiger partial charge in [-0.3, -0.25) is 0 Å². The molecule has 1 heterocycles. The van der Waals surface area contributed by atoms with Crippen molar-refractivity contribution in [2.24, 2.45) is 5.41 Å². The van der Waals surface area contributed by atoms with Crippen molar-refractivity contribution in [3.05, 3.63) is 48.0 Å². The number of rotatable bonds is 1. The molecule has 3 rings (SSSR count). The summed E-state index contributed by atoms with van der Waals surface area (Å²) in [7, 11) is 0. The molecule has 0 saturated heterocycles. The van der Waals surface area contributed by atoms with Crippen LogP contribution in [0.4, 0.5) is 0 Å². The van der Waals surface area contributed by atoms with Crippen molar-refractivity contribution >= 4 is 0 Å². The third-order valence-electron chi connectivity index (χ3n) is 4.16. The Morgan fingerprint density at radius 2 is 1.14 bits per heavy atom. The molecule has 0 N–H and O–H groups in total. The van der Waals surface area contributed by atoms with E-state index in [1.165, 1.54) is 5.56 Å². The van der Waals surface area contributed by atoms with Gasteiger partial charge in [-0.15, -0.1) is 0 Å². The van der Waals surface area contributed by atoms with E-state index >= 15 is 0 Å². The molecule has 0 fully saturated rings. The summed E-state index contributed by atoms with van der Waals surface area (Å²) in [6.45, 7) is 9.42. The maximum atomic E-state index is 5.95. The topological polar surface area (TPSA) is 46.2 Å². The van der Waals surface area contributed by atoms with Crippen LogP contribution in [0.5, 0.6) is 23.0 Å². The Labute approximate surface area is 167 Å². The van der Waals surface area contributed by atoms with Gasteiger partial charge in [0.05, 0.1) is 13.2 Å². The van der Waals surface area contributed by atoms with E-state index in [1.807, 2.05) is 30.3 Å². The van der Waals surface area contributed by atoms with Crippen LogP contribution in [-0.2, 0) is 11.2 Å². The maximum absolute atomic E-state index is 5.95. The zero-order valence-electron chi connectivity index (χ0n) is 17.0. The molecule has 0 unspecified atom stereocenters. The van der Waals surface area contributed by atoms with Crippen LogP contribution in [0.15, 0.2) is 42.5 Å². The van der Waals surface area contributed by atoms with E-state index in [0.717, 1.165) is 17.9 Å². The van der Waals surface area contributed by atoms with Crippen LogP contribution in [0.3, 0.4) is 0 Å². The fourth-order valence-corrected chi connectivity index (χ4v) is 3.02. The smallest absolute Gasteiger partial charge is 0.161 e. The lowest BCUT2D eigenvalue weighted by Gasteiger charge is -2.20. The van der Waals surface area contributed by atoms with Gasteiger partial charge in [0.1, 0.15) is 26.4 Å². The third-order valence-corrected chi connectivity index (χ3v) is 4.16. The third kappa shape index (κ3) is 6.34. The molecule has 28 heavy (non-hydrogen) atoms. The van der Waals surface area contributed by atoms with Crippen molar-refractivity contribution in [3.63, 3.8) is 0 Å². The standard InChI is InChI=1S/C23H30O5/c1-23(2,3)17-18-8-9-21-22(16-18)28-13-11-24-10-12-25-19-6-4-5-7-20(19)26-14-15-27-21/h4-9,16H,10-15,17H2,1-3H3. The summed E-state index contributed by atoms with van der Waals surface area (Å²) in [6, 6.07) is 13.8.